The summed E-state index contributed by atoms with van der Waals surface area (Å²) in [6.07, 6.45) is -1.12. The summed E-state index contributed by atoms with van der Waals surface area (Å²) in [5.41, 5.74) is 0.598. The molecule has 2 rings (SSSR count). The molecular formula is C17H24F3N. The summed E-state index contributed by atoms with van der Waals surface area (Å²) in [6.45, 7) is 7.55. The Hall–Kier alpha value is -1.03. The third-order valence-electron chi connectivity index (χ3n) is 5.11. The van der Waals surface area contributed by atoms with Crippen molar-refractivity contribution in [2.24, 2.45) is 5.41 Å². The van der Waals surface area contributed by atoms with Gasteiger partial charge >= 0.3 is 6.18 Å². The van der Waals surface area contributed by atoms with Crippen LogP contribution in [0.4, 0.5) is 13.2 Å². The number of hydrogen-bond donors (Lipinski definition) is 1. The van der Waals surface area contributed by atoms with Gasteiger partial charge in [0.25, 0.3) is 0 Å². The highest BCUT2D eigenvalue weighted by Gasteiger charge is 2.50. The number of benzene rings is 1. The second-order valence-electron chi connectivity index (χ2n) is 6.27. The Morgan fingerprint density at radius 2 is 1.81 bits per heavy atom. The molecule has 1 nitrogen and oxygen atoms in total. The van der Waals surface area contributed by atoms with Crippen molar-refractivity contribution in [3.05, 3.63) is 35.4 Å². The van der Waals surface area contributed by atoms with Crippen LogP contribution in [-0.2, 0) is 6.18 Å². The van der Waals surface area contributed by atoms with Crippen molar-refractivity contribution < 1.29 is 13.2 Å². The highest BCUT2D eigenvalue weighted by atomic mass is 19.4. The summed E-state index contributed by atoms with van der Waals surface area (Å²) in [7, 11) is 0. The van der Waals surface area contributed by atoms with Crippen LogP contribution in [0.25, 0.3) is 0 Å². The zero-order chi connectivity index (χ0) is 15.7. The predicted octanol–water partition coefficient (Wildman–Crippen LogP) is 4.98. The van der Waals surface area contributed by atoms with Crippen LogP contribution in [0, 0.1) is 5.41 Å². The number of nitrogens with one attached hydrogen (secondary N) is 1. The van der Waals surface area contributed by atoms with E-state index in [0.29, 0.717) is 12.0 Å². The fraction of sp³-hybridized carbons (Fsp3) is 0.647. The van der Waals surface area contributed by atoms with Crippen LogP contribution < -0.4 is 5.32 Å². The zero-order valence-corrected chi connectivity index (χ0v) is 12.9. The summed E-state index contributed by atoms with van der Waals surface area (Å²) in [5, 5.41) is 3.57. The SMILES string of the molecule is CCCNC1CC(c2ccc(C(F)(F)F)cc2)C1(C)CC. The molecule has 1 aliphatic carbocycles. The Bertz CT molecular complexity index is 466. The summed E-state index contributed by atoms with van der Waals surface area (Å²) in [5.74, 6) is 0.346. The van der Waals surface area contributed by atoms with Crippen LogP contribution in [0.5, 0.6) is 0 Å². The van der Waals surface area contributed by atoms with E-state index in [2.05, 4.69) is 26.1 Å². The first kappa shape index (κ1) is 16.3. The van der Waals surface area contributed by atoms with Crippen molar-refractivity contribution in [1.82, 2.24) is 5.32 Å². The third kappa shape index (κ3) is 3.10. The first-order valence-corrected chi connectivity index (χ1v) is 7.73. The minimum Gasteiger partial charge on any atom is -0.313 e. The summed E-state index contributed by atoms with van der Waals surface area (Å²) in [6, 6.07) is 6.18. The van der Waals surface area contributed by atoms with Gasteiger partial charge in [0.2, 0.25) is 0 Å². The second-order valence-corrected chi connectivity index (χ2v) is 6.27. The Morgan fingerprint density at radius 3 is 2.29 bits per heavy atom. The number of halogens is 3. The summed E-state index contributed by atoms with van der Waals surface area (Å²) < 4.78 is 37.9. The Kier molecular flexibility index (Phi) is 4.66. The van der Waals surface area contributed by atoms with Crippen LogP contribution in [0.15, 0.2) is 24.3 Å². The molecule has 0 heterocycles. The number of rotatable bonds is 5. The molecule has 21 heavy (non-hydrogen) atoms. The molecule has 118 valence electrons. The molecule has 1 N–H and O–H groups in total. The van der Waals surface area contributed by atoms with Crippen molar-refractivity contribution in [2.45, 2.75) is 58.2 Å². The first-order valence-electron chi connectivity index (χ1n) is 7.73. The van der Waals surface area contributed by atoms with Gasteiger partial charge in [-0.25, -0.2) is 0 Å². The van der Waals surface area contributed by atoms with Gasteiger partial charge in [0, 0.05) is 6.04 Å². The maximum absolute atomic E-state index is 12.6. The van der Waals surface area contributed by atoms with E-state index >= 15 is 0 Å². The number of alkyl halides is 3. The molecule has 1 aliphatic rings. The van der Waals surface area contributed by atoms with E-state index in [1.54, 1.807) is 12.1 Å². The van der Waals surface area contributed by atoms with Gasteiger partial charge < -0.3 is 5.32 Å². The molecule has 0 saturated heterocycles. The molecule has 0 aromatic heterocycles. The molecule has 0 spiro atoms. The fourth-order valence-electron chi connectivity index (χ4n) is 3.41. The minimum atomic E-state index is -4.25. The Balaban J connectivity index is 2.12. The molecular weight excluding hydrogens is 275 g/mol. The standard InChI is InChI=1S/C17H24F3N/c1-4-10-21-15-11-14(16(15,3)5-2)12-6-8-13(9-7-12)17(18,19)20/h6-9,14-15,21H,4-5,10-11H2,1-3H3. The summed E-state index contributed by atoms with van der Waals surface area (Å²) in [4.78, 5) is 0. The third-order valence-corrected chi connectivity index (χ3v) is 5.11. The maximum Gasteiger partial charge on any atom is 0.416 e. The molecule has 1 saturated carbocycles. The Morgan fingerprint density at radius 1 is 1.19 bits per heavy atom. The van der Waals surface area contributed by atoms with E-state index in [1.807, 2.05) is 0 Å². The van der Waals surface area contributed by atoms with Crippen LogP contribution in [0.1, 0.15) is 57.1 Å². The fourth-order valence-corrected chi connectivity index (χ4v) is 3.41. The molecule has 3 atom stereocenters. The number of hydrogen-bond acceptors (Lipinski definition) is 1. The molecule has 4 heteroatoms. The van der Waals surface area contributed by atoms with Gasteiger partial charge in [-0.15, -0.1) is 0 Å². The van der Waals surface area contributed by atoms with Crippen LogP contribution >= 0.6 is 0 Å². The van der Waals surface area contributed by atoms with Gasteiger partial charge in [0.05, 0.1) is 5.56 Å². The quantitative estimate of drug-likeness (QED) is 0.808. The molecule has 0 aliphatic heterocycles. The van der Waals surface area contributed by atoms with Gasteiger partial charge in [0.1, 0.15) is 0 Å². The summed E-state index contributed by atoms with van der Waals surface area (Å²) >= 11 is 0. The van der Waals surface area contributed by atoms with E-state index in [4.69, 9.17) is 0 Å². The lowest BCUT2D eigenvalue weighted by Gasteiger charge is -2.55. The van der Waals surface area contributed by atoms with E-state index in [9.17, 15) is 13.2 Å². The lowest BCUT2D eigenvalue weighted by molar-refractivity contribution is -0.137. The second kappa shape index (κ2) is 5.99. The molecule has 0 bridgehead atoms. The van der Waals surface area contributed by atoms with Crippen LogP contribution in [-0.4, -0.2) is 12.6 Å². The zero-order valence-electron chi connectivity index (χ0n) is 12.9. The average molecular weight is 299 g/mol. The van der Waals surface area contributed by atoms with Crippen molar-refractivity contribution in [3.63, 3.8) is 0 Å². The molecule has 0 amide bonds. The average Bonchev–Trinajstić information content (AvgIpc) is 2.45. The molecule has 1 fully saturated rings. The largest absolute Gasteiger partial charge is 0.416 e. The predicted molar refractivity (Wildman–Crippen MR) is 79.3 cm³/mol. The minimum absolute atomic E-state index is 0.134. The van der Waals surface area contributed by atoms with Crippen molar-refractivity contribution in [1.29, 1.82) is 0 Å². The van der Waals surface area contributed by atoms with E-state index in [-0.39, 0.29) is 5.41 Å². The monoisotopic (exact) mass is 299 g/mol. The lowest BCUT2D eigenvalue weighted by atomic mass is 9.54. The Labute approximate surface area is 124 Å². The van der Waals surface area contributed by atoms with Crippen molar-refractivity contribution >= 4 is 0 Å². The van der Waals surface area contributed by atoms with Gasteiger partial charge in [0.15, 0.2) is 0 Å². The van der Waals surface area contributed by atoms with Crippen LogP contribution in [0.2, 0.25) is 0 Å². The molecule has 1 aromatic carbocycles. The van der Waals surface area contributed by atoms with Gasteiger partial charge in [-0.2, -0.15) is 13.2 Å². The maximum atomic E-state index is 12.6. The highest BCUT2D eigenvalue weighted by Crippen LogP contribution is 2.55. The van der Waals surface area contributed by atoms with Crippen molar-refractivity contribution in [3.8, 4) is 0 Å². The lowest BCUT2D eigenvalue weighted by Crippen LogP contribution is -2.56. The van der Waals surface area contributed by atoms with Crippen molar-refractivity contribution in [2.75, 3.05) is 6.54 Å². The molecule has 3 unspecified atom stereocenters. The van der Waals surface area contributed by atoms with E-state index in [0.717, 1.165) is 31.4 Å². The van der Waals surface area contributed by atoms with Crippen LogP contribution in [0.3, 0.4) is 0 Å². The smallest absolute Gasteiger partial charge is 0.313 e. The first-order chi connectivity index (χ1) is 9.82. The molecule has 1 aromatic rings. The van der Waals surface area contributed by atoms with Gasteiger partial charge in [-0.3, -0.25) is 0 Å². The topological polar surface area (TPSA) is 12.0 Å². The normalized spacial score (nSPS) is 29.2. The molecule has 0 radical (unpaired) electrons. The van der Waals surface area contributed by atoms with E-state index < -0.39 is 11.7 Å². The highest BCUT2D eigenvalue weighted by molar-refractivity contribution is 5.32. The van der Waals surface area contributed by atoms with Gasteiger partial charge in [-0.05, 0) is 54.8 Å². The van der Waals surface area contributed by atoms with Gasteiger partial charge in [-0.1, -0.05) is 32.9 Å². The van der Waals surface area contributed by atoms with E-state index in [1.165, 1.54) is 12.1 Å².